The Morgan fingerprint density at radius 2 is 1.76 bits per heavy atom. The number of likely N-dealkylation sites (tertiary alicyclic amines) is 2. The lowest BCUT2D eigenvalue weighted by atomic mass is 9.86. The Hall–Kier alpha value is -1.63. The quantitative estimate of drug-likeness (QED) is 0.729. The number of imide groups is 1. The van der Waals surface area contributed by atoms with Gasteiger partial charge in [0.1, 0.15) is 5.54 Å². The van der Waals surface area contributed by atoms with Gasteiger partial charge in [0.25, 0.3) is 5.91 Å². The standard InChI is InChI=1S/C22H36N4O3/c1-16(2)14-24-12-9-22(10-13-24)20(28)26(21(29)23-22)18-8-5-11-25(15-18)19(27)17-6-3-4-7-17/h16-18H,3-15H2,1-2H3,(H,23,29)/t18-/m1/s1. The highest BCUT2D eigenvalue weighted by atomic mass is 16.2. The first kappa shape index (κ1) is 20.6. The van der Waals surface area contributed by atoms with Crippen molar-refractivity contribution < 1.29 is 14.4 Å². The molecule has 3 aliphatic heterocycles. The topological polar surface area (TPSA) is 73.0 Å². The van der Waals surface area contributed by atoms with Crippen molar-refractivity contribution in [2.75, 3.05) is 32.7 Å². The molecule has 0 bridgehead atoms. The van der Waals surface area contributed by atoms with E-state index in [-0.39, 0.29) is 29.8 Å². The minimum atomic E-state index is -0.734. The van der Waals surface area contributed by atoms with Gasteiger partial charge in [-0.1, -0.05) is 26.7 Å². The monoisotopic (exact) mass is 404 g/mol. The molecule has 0 radical (unpaired) electrons. The van der Waals surface area contributed by atoms with Gasteiger partial charge in [-0.05, 0) is 44.4 Å². The van der Waals surface area contributed by atoms with E-state index in [9.17, 15) is 14.4 Å². The van der Waals surface area contributed by atoms with Crippen molar-refractivity contribution >= 4 is 17.8 Å². The van der Waals surface area contributed by atoms with Crippen LogP contribution in [0.2, 0.25) is 0 Å². The molecule has 4 rings (SSSR count). The molecule has 1 spiro atoms. The molecule has 1 atom stereocenters. The van der Waals surface area contributed by atoms with E-state index < -0.39 is 5.54 Å². The number of amides is 4. The Kier molecular flexibility index (Phi) is 5.87. The lowest BCUT2D eigenvalue weighted by Crippen LogP contribution is -2.56. The molecule has 0 aromatic heterocycles. The Bertz CT molecular complexity index is 650. The highest BCUT2D eigenvalue weighted by molar-refractivity contribution is 6.07. The Morgan fingerprint density at radius 3 is 2.41 bits per heavy atom. The number of carbonyl (C=O) groups is 3. The van der Waals surface area contributed by atoms with Crippen LogP contribution in [0.1, 0.15) is 65.2 Å². The number of carbonyl (C=O) groups excluding carboxylic acids is 3. The molecule has 1 saturated carbocycles. The molecule has 0 aromatic carbocycles. The SMILES string of the molecule is CC(C)CN1CCC2(CC1)NC(=O)N([C@@H]1CCCN(C(=O)C3CCCC3)C1)C2=O. The third-order valence-electron chi connectivity index (χ3n) is 7.30. The molecular weight excluding hydrogens is 368 g/mol. The van der Waals surface area contributed by atoms with Crippen molar-refractivity contribution in [2.45, 2.75) is 76.8 Å². The summed E-state index contributed by atoms with van der Waals surface area (Å²) in [5.41, 5.74) is -0.734. The van der Waals surface area contributed by atoms with Crippen LogP contribution >= 0.6 is 0 Å². The summed E-state index contributed by atoms with van der Waals surface area (Å²) in [7, 11) is 0. The van der Waals surface area contributed by atoms with Gasteiger partial charge in [0, 0.05) is 38.6 Å². The van der Waals surface area contributed by atoms with Crippen LogP contribution < -0.4 is 5.32 Å². The van der Waals surface area contributed by atoms with Crippen molar-refractivity contribution in [1.29, 1.82) is 0 Å². The fourth-order valence-corrected chi connectivity index (χ4v) is 5.74. The minimum Gasteiger partial charge on any atom is -0.340 e. The van der Waals surface area contributed by atoms with Crippen molar-refractivity contribution in [3.63, 3.8) is 0 Å². The Balaban J connectivity index is 1.40. The molecule has 29 heavy (non-hydrogen) atoms. The van der Waals surface area contributed by atoms with E-state index in [0.717, 1.165) is 64.7 Å². The molecule has 3 heterocycles. The molecule has 7 heteroatoms. The summed E-state index contributed by atoms with van der Waals surface area (Å²) in [5.74, 6) is 0.913. The van der Waals surface area contributed by atoms with Crippen LogP contribution in [0.3, 0.4) is 0 Å². The molecule has 0 unspecified atom stereocenters. The zero-order valence-corrected chi connectivity index (χ0v) is 18.0. The molecule has 4 fully saturated rings. The average molecular weight is 405 g/mol. The van der Waals surface area contributed by atoms with Gasteiger partial charge >= 0.3 is 6.03 Å². The van der Waals surface area contributed by atoms with Crippen LogP contribution in [0, 0.1) is 11.8 Å². The number of urea groups is 1. The second kappa shape index (κ2) is 8.25. The lowest BCUT2D eigenvalue weighted by molar-refractivity contribution is -0.141. The fourth-order valence-electron chi connectivity index (χ4n) is 5.74. The summed E-state index contributed by atoms with van der Waals surface area (Å²) >= 11 is 0. The first-order valence-corrected chi connectivity index (χ1v) is 11.6. The Labute approximate surface area is 174 Å². The van der Waals surface area contributed by atoms with Crippen molar-refractivity contribution in [2.24, 2.45) is 11.8 Å². The van der Waals surface area contributed by atoms with Gasteiger partial charge in [-0.15, -0.1) is 0 Å². The molecule has 0 aromatic rings. The fraction of sp³-hybridized carbons (Fsp3) is 0.864. The summed E-state index contributed by atoms with van der Waals surface area (Å²) in [6, 6.07) is -0.442. The minimum absolute atomic E-state index is 0.0631. The smallest absolute Gasteiger partial charge is 0.325 e. The maximum atomic E-state index is 13.4. The van der Waals surface area contributed by atoms with Gasteiger partial charge in [-0.2, -0.15) is 0 Å². The number of piperidine rings is 2. The highest BCUT2D eigenvalue weighted by Crippen LogP contribution is 2.33. The van der Waals surface area contributed by atoms with Gasteiger partial charge in [0.15, 0.2) is 0 Å². The van der Waals surface area contributed by atoms with Crippen molar-refractivity contribution in [3.8, 4) is 0 Å². The van der Waals surface area contributed by atoms with Gasteiger partial charge in [-0.25, -0.2) is 4.79 Å². The van der Waals surface area contributed by atoms with E-state index in [1.165, 1.54) is 4.90 Å². The van der Waals surface area contributed by atoms with Crippen LogP contribution in [0.4, 0.5) is 4.79 Å². The maximum Gasteiger partial charge on any atom is 0.325 e. The third-order valence-corrected chi connectivity index (χ3v) is 7.30. The molecule has 4 aliphatic rings. The van der Waals surface area contributed by atoms with Crippen LogP contribution in [-0.4, -0.2) is 76.8 Å². The van der Waals surface area contributed by atoms with E-state index in [1.54, 1.807) is 0 Å². The van der Waals surface area contributed by atoms with Crippen LogP contribution in [0.5, 0.6) is 0 Å². The predicted octanol–water partition coefficient (Wildman–Crippen LogP) is 2.21. The van der Waals surface area contributed by atoms with Crippen LogP contribution in [0.25, 0.3) is 0 Å². The molecule has 1 aliphatic carbocycles. The summed E-state index contributed by atoms with van der Waals surface area (Å²) < 4.78 is 0. The molecule has 4 amide bonds. The molecule has 162 valence electrons. The second-order valence-electron chi connectivity index (χ2n) is 9.94. The first-order valence-electron chi connectivity index (χ1n) is 11.6. The zero-order chi connectivity index (χ0) is 20.6. The number of hydrogen-bond acceptors (Lipinski definition) is 4. The molecule has 3 saturated heterocycles. The lowest BCUT2D eigenvalue weighted by Gasteiger charge is -2.39. The zero-order valence-electron chi connectivity index (χ0n) is 18.0. The Morgan fingerprint density at radius 1 is 1.07 bits per heavy atom. The average Bonchev–Trinajstić information content (AvgIpc) is 3.31. The van der Waals surface area contributed by atoms with Crippen LogP contribution in [-0.2, 0) is 9.59 Å². The van der Waals surface area contributed by atoms with E-state index in [0.29, 0.717) is 25.3 Å². The van der Waals surface area contributed by atoms with E-state index in [4.69, 9.17) is 0 Å². The number of nitrogens with one attached hydrogen (secondary N) is 1. The van der Waals surface area contributed by atoms with Crippen molar-refractivity contribution in [1.82, 2.24) is 20.0 Å². The molecule has 7 nitrogen and oxygen atoms in total. The second-order valence-corrected chi connectivity index (χ2v) is 9.94. The summed E-state index contributed by atoms with van der Waals surface area (Å²) in [6.07, 6.45) is 7.25. The summed E-state index contributed by atoms with van der Waals surface area (Å²) in [4.78, 5) is 44.8. The van der Waals surface area contributed by atoms with Gasteiger partial charge < -0.3 is 15.1 Å². The van der Waals surface area contributed by atoms with Gasteiger partial charge in [0.2, 0.25) is 5.91 Å². The first-order chi connectivity index (χ1) is 13.9. The number of nitrogens with zero attached hydrogens (tertiary/aromatic N) is 3. The molecule has 1 N–H and O–H groups in total. The highest BCUT2D eigenvalue weighted by Gasteiger charge is 2.54. The van der Waals surface area contributed by atoms with E-state index in [2.05, 4.69) is 24.1 Å². The summed E-state index contributed by atoms with van der Waals surface area (Å²) in [5, 5.41) is 3.05. The van der Waals surface area contributed by atoms with Gasteiger partial charge in [0.05, 0.1) is 6.04 Å². The van der Waals surface area contributed by atoms with Gasteiger partial charge in [-0.3, -0.25) is 14.5 Å². The maximum absolute atomic E-state index is 13.4. The predicted molar refractivity (Wildman–Crippen MR) is 110 cm³/mol. The van der Waals surface area contributed by atoms with E-state index >= 15 is 0 Å². The normalized spacial score (nSPS) is 28.6. The molecular formula is C22H36N4O3. The number of rotatable bonds is 4. The van der Waals surface area contributed by atoms with Crippen molar-refractivity contribution in [3.05, 3.63) is 0 Å². The van der Waals surface area contributed by atoms with E-state index in [1.807, 2.05) is 4.90 Å². The third kappa shape index (κ3) is 4.03. The summed E-state index contributed by atoms with van der Waals surface area (Å²) in [6.45, 7) is 8.38. The van der Waals surface area contributed by atoms with Crippen LogP contribution in [0.15, 0.2) is 0 Å². The number of hydrogen-bond donors (Lipinski definition) is 1. The largest absolute Gasteiger partial charge is 0.340 e.